The van der Waals surface area contributed by atoms with E-state index >= 15 is 0 Å². The van der Waals surface area contributed by atoms with Crippen molar-refractivity contribution in [2.75, 3.05) is 65.7 Å². The first-order valence-corrected chi connectivity index (χ1v) is 11.1. The third-order valence-corrected chi connectivity index (χ3v) is 7.28. The predicted molar refractivity (Wildman–Crippen MR) is 104 cm³/mol. The Labute approximate surface area is 163 Å². The summed E-state index contributed by atoms with van der Waals surface area (Å²) in [6.45, 7) is 7.12. The number of aliphatic hydroxyl groups is 2. The van der Waals surface area contributed by atoms with E-state index in [1.165, 1.54) is 38.5 Å². The maximum Gasteiger partial charge on any atom is 0.0900 e. The lowest BCUT2D eigenvalue weighted by Crippen LogP contribution is -2.52. The Balaban J connectivity index is 1.07. The van der Waals surface area contributed by atoms with Gasteiger partial charge in [0.15, 0.2) is 0 Å². The van der Waals surface area contributed by atoms with Crippen molar-refractivity contribution < 1.29 is 19.7 Å². The second-order valence-electron chi connectivity index (χ2n) is 9.54. The Morgan fingerprint density at radius 2 is 1.48 bits per heavy atom. The molecule has 5 fully saturated rings. The fraction of sp³-hybridized carbons (Fsp3) is 1.00. The van der Waals surface area contributed by atoms with Crippen LogP contribution in [0.2, 0.25) is 0 Å². The van der Waals surface area contributed by atoms with Crippen molar-refractivity contribution in [1.29, 1.82) is 0 Å². The molecule has 1 atom stereocenters. The molecule has 0 amide bonds. The minimum absolute atomic E-state index is 0.158. The fourth-order valence-corrected chi connectivity index (χ4v) is 6.43. The van der Waals surface area contributed by atoms with Gasteiger partial charge in [0.2, 0.25) is 0 Å². The number of aliphatic hydroxyl groups excluding tert-OH is 2. The summed E-state index contributed by atoms with van der Waals surface area (Å²) in [5.74, 6) is 2.74. The lowest BCUT2D eigenvalue weighted by Gasteiger charge is -2.56. The van der Waals surface area contributed by atoms with Gasteiger partial charge in [0.25, 0.3) is 0 Å². The molecular weight excluding hydrogens is 344 g/mol. The number of nitrogens with zero attached hydrogens (tertiary/aromatic N) is 2. The van der Waals surface area contributed by atoms with Gasteiger partial charge in [0.05, 0.1) is 38.1 Å². The van der Waals surface area contributed by atoms with Crippen molar-refractivity contribution in [3.63, 3.8) is 0 Å². The highest BCUT2D eigenvalue weighted by molar-refractivity contribution is 5.03. The van der Waals surface area contributed by atoms with E-state index in [1.54, 1.807) is 0 Å². The monoisotopic (exact) mass is 382 g/mol. The number of rotatable bonds is 10. The summed E-state index contributed by atoms with van der Waals surface area (Å²) in [5, 5.41) is 19.2. The Morgan fingerprint density at radius 1 is 0.889 bits per heavy atom. The summed E-state index contributed by atoms with van der Waals surface area (Å²) in [5.41, 5.74) is 0.158. The Morgan fingerprint density at radius 3 is 2.07 bits per heavy atom. The van der Waals surface area contributed by atoms with Crippen LogP contribution in [-0.2, 0) is 9.47 Å². The number of β-amino-alcohol motifs (C(OH)–C–C–N with tert-alkyl or cyclic N) is 2. The van der Waals surface area contributed by atoms with E-state index in [0.29, 0.717) is 26.4 Å². The molecule has 27 heavy (non-hydrogen) atoms. The van der Waals surface area contributed by atoms with Gasteiger partial charge < -0.3 is 19.7 Å². The molecule has 0 unspecified atom stereocenters. The molecule has 4 saturated carbocycles. The van der Waals surface area contributed by atoms with E-state index in [4.69, 9.17) is 14.6 Å². The smallest absolute Gasteiger partial charge is 0.0900 e. The first-order valence-electron chi connectivity index (χ1n) is 11.1. The summed E-state index contributed by atoms with van der Waals surface area (Å²) in [4.78, 5) is 4.55. The highest BCUT2D eigenvalue weighted by Gasteiger charge is 2.51. The van der Waals surface area contributed by atoms with Crippen molar-refractivity contribution in [2.24, 2.45) is 17.8 Å². The molecule has 2 N–H and O–H groups in total. The molecule has 0 spiro atoms. The number of hydrogen-bond acceptors (Lipinski definition) is 6. The van der Waals surface area contributed by atoms with Crippen LogP contribution >= 0.6 is 0 Å². The highest BCUT2D eigenvalue weighted by atomic mass is 16.5. The van der Waals surface area contributed by atoms with Gasteiger partial charge in [0.1, 0.15) is 0 Å². The number of ether oxygens (including phenoxy) is 2. The molecule has 0 aromatic carbocycles. The zero-order valence-electron chi connectivity index (χ0n) is 16.7. The SMILES string of the molecule is OCCN1CCN(C[C@H](O)COCCOC23CC4CC(CC(C4)C2)C3)CC1. The van der Waals surface area contributed by atoms with Gasteiger partial charge in [-0.05, 0) is 56.3 Å². The molecule has 1 aliphatic heterocycles. The first kappa shape index (κ1) is 20.0. The molecule has 0 aromatic heterocycles. The molecule has 156 valence electrons. The highest BCUT2D eigenvalue weighted by Crippen LogP contribution is 2.57. The summed E-state index contributed by atoms with van der Waals surface area (Å²) >= 11 is 0. The molecule has 0 radical (unpaired) electrons. The average molecular weight is 383 g/mol. The summed E-state index contributed by atoms with van der Waals surface area (Å²) < 4.78 is 12.1. The molecule has 4 aliphatic carbocycles. The molecule has 1 heterocycles. The van der Waals surface area contributed by atoms with Gasteiger partial charge in [0, 0.05) is 39.3 Å². The van der Waals surface area contributed by atoms with Crippen LogP contribution < -0.4 is 0 Å². The molecule has 5 aliphatic rings. The normalized spacial score (nSPS) is 37.8. The van der Waals surface area contributed by atoms with Gasteiger partial charge in [-0.25, -0.2) is 0 Å². The lowest BCUT2D eigenvalue weighted by molar-refractivity contribution is -0.170. The maximum absolute atomic E-state index is 10.2. The van der Waals surface area contributed by atoms with E-state index in [1.807, 2.05) is 0 Å². The molecule has 1 saturated heterocycles. The van der Waals surface area contributed by atoms with Crippen molar-refractivity contribution >= 4 is 0 Å². The van der Waals surface area contributed by atoms with Crippen molar-refractivity contribution in [1.82, 2.24) is 9.80 Å². The third-order valence-electron chi connectivity index (χ3n) is 7.28. The average Bonchev–Trinajstić information content (AvgIpc) is 2.62. The summed E-state index contributed by atoms with van der Waals surface area (Å²) in [6, 6.07) is 0. The van der Waals surface area contributed by atoms with E-state index in [-0.39, 0.29) is 12.2 Å². The maximum atomic E-state index is 10.2. The molecule has 0 aromatic rings. The molecule has 6 nitrogen and oxygen atoms in total. The molecular formula is C21H38N2O4. The number of piperazine rings is 1. The van der Waals surface area contributed by atoms with E-state index < -0.39 is 6.10 Å². The van der Waals surface area contributed by atoms with Crippen LogP contribution in [0.25, 0.3) is 0 Å². The molecule has 6 heteroatoms. The fourth-order valence-electron chi connectivity index (χ4n) is 6.43. The Bertz CT molecular complexity index is 432. The number of hydrogen-bond donors (Lipinski definition) is 2. The van der Waals surface area contributed by atoms with Gasteiger partial charge >= 0.3 is 0 Å². The van der Waals surface area contributed by atoms with Crippen molar-refractivity contribution in [3.8, 4) is 0 Å². The van der Waals surface area contributed by atoms with Crippen LogP contribution in [0.15, 0.2) is 0 Å². The van der Waals surface area contributed by atoms with Crippen LogP contribution in [0, 0.1) is 17.8 Å². The van der Waals surface area contributed by atoms with E-state index in [9.17, 15) is 5.11 Å². The first-order chi connectivity index (χ1) is 13.1. The van der Waals surface area contributed by atoms with Crippen molar-refractivity contribution in [3.05, 3.63) is 0 Å². The van der Waals surface area contributed by atoms with Crippen LogP contribution in [0.5, 0.6) is 0 Å². The van der Waals surface area contributed by atoms with Crippen molar-refractivity contribution in [2.45, 2.75) is 50.2 Å². The van der Waals surface area contributed by atoms with Gasteiger partial charge in [-0.15, -0.1) is 0 Å². The standard InChI is InChI=1S/C21H38N2O4/c24-6-5-22-1-3-23(4-2-22)15-20(25)16-26-7-8-27-21-12-17-9-18(13-21)11-19(10-17)14-21/h17-20,24-25H,1-16H2/t17?,18?,19?,20-,21?/m0/s1. The molecule has 4 bridgehead atoms. The topological polar surface area (TPSA) is 65.4 Å². The van der Waals surface area contributed by atoms with Gasteiger partial charge in [-0.3, -0.25) is 9.80 Å². The predicted octanol–water partition coefficient (Wildman–Crippen LogP) is 0.959. The van der Waals surface area contributed by atoms with E-state index in [2.05, 4.69) is 9.80 Å². The van der Waals surface area contributed by atoms with E-state index in [0.717, 1.165) is 50.5 Å². The lowest BCUT2D eigenvalue weighted by atomic mass is 9.54. The van der Waals surface area contributed by atoms with Crippen LogP contribution in [0.3, 0.4) is 0 Å². The Kier molecular flexibility index (Phi) is 6.72. The van der Waals surface area contributed by atoms with Crippen LogP contribution in [0.4, 0.5) is 0 Å². The minimum atomic E-state index is -0.436. The van der Waals surface area contributed by atoms with Gasteiger partial charge in [-0.1, -0.05) is 0 Å². The molecule has 5 rings (SSSR count). The quantitative estimate of drug-likeness (QED) is 0.549. The summed E-state index contributed by atoms with van der Waals surface area (Å²) in [7, 11) is 0. The zero-order chi connectivity index (χ0) is 18.7. The second kappa shape index (κ2) is 9.06. The van der Waals surface area contributed by atoms with Crippen LogP contribution in [-0.4, -0.2) is 97.4 Å². The van der Waals surface area contributed by atoms with Gasteiger partial charge in [-0.2, -0.15) is 0 Å². The minimum Gasteiger partial charge on any atom is -0.395 e. The summed E-state index contributed by atoms with van der Waals surface area (Å²) in [6.07, 6.45) is 7.70. The van der Waals surface area contributed by atoms with Crippen LogP contribution in [0.1, 0.15) is 38.5 Å². The second-order valence-corrected chi connectivity index (χ2v) is 9.54. The Hall–Kier alpha value is -0.240. The zero-order valence-corrected chi connectivity index (χ0v) is 16.7. The third kappa shape index (κ3) is 5.22. The largest absolute Gasteiger partial charge is 0.395 e.